The SMILES string of the molecule is CC1(C)[C@H](C(=O)N[C@H](CC(=O)O)c2cccc(F)c2)[C@@H]1C(=O)O. The minimum absolute atomic E-state index is 0.325. The Balaban J connectivity index is 2.17. The van der Waals surface area contributed by atoms with E-state index in [4.69, 9.17) is 10.2 Å². The third-order valence-corrected chi connectivity index (χ3v) is 4.32. The Morgan fingerprint density at radius 1 is 1.26 bits per heavy atom. The Kier molecular flexibility index (Phi) is 4.40. The van der Waals surface area contributed by atoms with E-state index >= 15 is 0 Å². The summed E-state index contributed by atoms with van der Waals surface area (Å²) < 4.78 is 13.3. The molecule has 1 aliphatic carbocycles. The van der Waals surface area contributed by atoms with Crippen LogP contribution in [0.3, 0.4) is 0 Å². The van der Waals surface area contributed by atoms with E-state index in [1.165, 1.54) is 18.2 Å². The van der Waals surface area contributed by atoms with Crippen LogP contribution in [-0.2, 0) is 14.4 Å². The van der Waals surface area contributed by atoms with Gasteiger partial charge in [0.15, 0.2) is 0 Å². The van der Waals surface area contributed by atoms with Crippen LogP contribution in [0.2, 0.25) is 0 Å². The molecule has 0 bridgehead atoms. The molecule has 0 spiro atoms. The molecule has 0 heterocycles. The summed E-state index contributed by atoms with van der Waals surface area (Å²) in [6.45, 7) is 3.34. The minimum Gasteiger partial charge on any atom is -0.481 e. The van der Waals surface area contributed by atoms with Crippen molar-refractivity contribution in [2.45, 2.75) is 26.3 Å². The smallest absolute Gasteiger partial charge is 0.307 e. The molecule has 1 aromatic rings. The van der Waals surface area contributed by atoms with Gasteiger partial charge in [0.1, 0.15) is 5.82 Å². The lowest BCUT2D eigenvalue weighted by molar-refractivity contribution is -0.141. The first-order chi connectivity index (χ1) is 10.6. The molecule has 0 aliphatic heterocycles. The molecule has 7 heteroatoms. The number of hydrogen-bond acceptors (Lipinski definition) is 3. The molecule has 1 aromatic carbocycles. The van der Waals surface area contributed by atoms with Gasteiger partial charge in [-0.05, 0) is 23.1 Å². The van der Waals surface area contributed by atoms with Gasteiger partial charge < -0.3 is 15.5 Å². The number of aliphatic carboxylic acids is 2. The maximum Gasteiger partial charge on any atom is 0.307 e. The van der Waals surface area contributed by atoms with Crippen molar-refractivity contribution in [2.75, 3.05) is 0 Å². The number of benzene rings is 1. The fourth-order valence-corrected chi connectivity index (χ4v) is 3.00. The molecular formula is C16H18FNO5. The zero-order chi connectivity index (χ0) is 17.4. The van der Waals surface area contributed by atoms with Crippen molar-refractivity contribution < 1.29 is 29.0 Å². The molecule has 23 heavy (non-hydrogen) atoms. The monoisotopic (exact) mass is 323 g/mol. The summed E-state index contributed by atoms with van der Waals surface area (Å²) in [6, 6.07) is 4.39. The first kappa shape index (κ1) is 16.9. The van der Waals surface area contributed by atoms with Gasteiger partial charge in [-0.1, -0.05) is 26.0 Å². The van der Waals surface area contributed by atoms with Crippen molar-refractivity contribution in [1.29, 1.82) is 0 Å². The summed E-state index contributed by atoms with van der Waals surface area (Å²) in [5, 5.41) is 20.6. The van der Waals surface area contributed by atoms with Gasteiger partial charge >= 0.3 is 11.9 Å². The Morgan fingerprint density at radius 3 is 2.39 bits per heavy atom. The lowest BCUT2D eigenvalue weighted by Gasteiger charge is -2.18. The number of hydrogen-bond donors (Lipinski definition) is 3. The molecule has 0 radical (unpaired) electrons. The van der Waals surface area contributed by atoms with Crippen LogP contribution in [-0.4, -0.2) is 28.1 Å². The normalized spacial score (nSPS) is 22.9. The number of carboxylic acid groups (broad SMARTS) is 2. The lowest BCUT2D eigenvalue weighted by Crippen LogP contribution is -2.33. The fourth-order valence-electron chi connectivity index (χ4n) is 3.00. The highest BCUT2D eigenvalue weighted by molar-refractivity contribution is 5.92. The van der Waals surface area contributed by atoms with Crippen LogP contribution in [0.5, 0.6) is 0 Å². The van der Waals surface area contributed by atoms with Crippen molar-refractivity contribution in [2.24, 2.45) is 17.3 Å². The van der Waals surface area contributed by atoms with Gasteiger partial charge in [0.2, 0.25) is 5.91 Å². The molecule has 1 fully saturated rings. The molecule has 0 aromatic heterocycles. The summed E-state index contributed by atoms with van der Waals surface area (Å²) >= 11 is 0. The molecule has 3 atom stereocenters. The maximum atomic E-state index is 13.3. The predicted octanol–water partition coefficient (Wildman–Crippen LogP) is 1.81. The topological polar surface area (TPSA) is 104 Å². The molecule has 2 rings (SSSR count). The van der Waals surface area contributed by atoms with E-state index in [9.17, 15) is 18.8 Å². The highest BCUT2D eigenvalue weighted by Crippen LogP contribution is 2.58. The van der Waals surface area contributed by atoms with Gasteiger partial charge in [-0.25, -0.2) is 4.39 Å². The van der Waals surface area contributed by atoms with Crippen molar-refractivity contribution in [3.05, 3.63) is 35.6 Å². The van der Waals surface area contributed by atoms with Crippen LogP contribution in [0.1, 0.15) is 31.9 Å². The van der Waals surface area contributed by atoms with Crippen LogP contribution < -0.4 is 5.32 Å². The molecule has 1 amide bonds. The zero-order valence-corrected chi connectivity index (χ0v) is 12.7. The van der Waals surface area contributed by atoms with E-state index in [1.807, 2.05) is 0 Å². The minimum atomic E-state index is -1.15. The molecule has 124 valence electrons. The Morgan fingerprint density at radius 2 is 1.91 bits per heavy atom. The number of carboxylic acids is 2. The third-order valence-electron chi connectivity index (χ3n) is 4.32. The number of halogens is 1. The van der Waals surface area contributed by atoms with Crippen molar-refractivity contribution >= 4 is 17.8 Å². The Hall–Kier alpha value is -2.44. The van der Waals surface area contributed by atoms with Gasteiger partial charge in [0, 0.05) is 0 Å². The van der Waals surface area contributed by atoms with E-state index in [2.05, 4.69) is 5.32 Å². The molecule has 1 aliphatic rings. The van der Waals surface area contributed by atoms with Crippen molar-refractivity contribution in [1.82, 2.24) is 5.32 Å². The van der Waals surface area contributed by atoms with E-state index in [0.29, 0.717) is 5.56 Å². The highest BCUT2D eigenvalue weighted by atomic mass is 19.1. The Bertz CT molecular complexity index is 658. The molecule has 1 saturated carbocycles. The summed E-state index contributed by atoms with van der Waals surface area (Å²) in [7, 11) is 0. The lowest BCUT2D eigenvalue weighted by atomic mass is 10.0. The third kappa shape index (κ3) is 3.49. The molecular weight excluding hydrogens is 305 g/mol. The number of nitrogens with one attached hydrogen (secondary N) is 1. The number of carbonyl (C=O) groups is 3. The molecule has 0 saturated heterocycles. The van der Waals surface area contributed by atoms with Gasteiger partial charge in [-0.3, -0.25) is 14.4 Å². The van der Waals surface area contributed by atoms with E-state index in [1.54, 1.807) is 13.8 Å². The second-order valence-corrected chi connectivity index (χ2v) is 6.33. The molecule has 0 unspecified atom stereocenters. The van der Waals surface area contributed by atoms with Gasteiger partial charge in [0.05, 0.1) is 24.3 Å². The van der Waals surface area contributed by atoms with Gasteiger partial charge in [-0.2, -0.15) is 0 Å². The van der Waals surface area contributed by atoms with Gasteiger partial charge in [0.25, 0.3) is 0 Å². The standard InChI is InChI=1S/C16H18FNO5/c1-16(2)12(13(16)15(22)23)14(21)18-10(7-11(19)20)8-4-3-5-9(17)6-8/h3-6,10,12-13H,7H2,1-2H3,(H,18,21)(H,19,20)(H,22,23)/t10-,12+,13-/m1/s1. The largest absolute Gasteiger partial charge is 0.481 e. The van der Waals surface area contributed by atoms with Crippen LogP contribution in [0.4, 0.5) is 4.39 Å². The summed E-state index contributed by atoms with van der Waals surface area (Å²) in [4.78, 5) is 34.5. The number of carbonyl (C=O) groups excluding carboxylic acids is 1. The maximum absolute atomic E-state index is 13.3. The van der Waals surface area contributed by atoms with Gasteiger partial charge in [-0.15, -0.1) is 0 Å². The second kappa shape index (κ2) is 5.98. The predicted molar refractivity (Wildman–Crippen MR) is 77.9 cm³/mol. The summed E-state index contributed by atoms with van der Waals surface area (Å²) in [5.74, 6) is -4.81. The van der Waals surface area contributed by atoms with Crippen LogP contribution in [0, 0.1) is 23.1 Å². The van der Waals surface area contributed by atoms with Crippen molar-refractivity contribution in [3.63, 3.8) is 0 Å². The van der Waals surface area contributed by atoms with Crippen molar-refractivity contribution in [3.8, 4) is 0 Å². The fraction of sp³-hybridized carbons (Fsp3) is 0.438. The quantitative estimate of drug-likeness (QED) is 0.741. The average Bonchev–Trinajstić information content (AvgIpc) is 3.00. The number of rotatable bonds is 6. The van der Waals surface area contributed by atoms with E-state index in [-0.39, 0.29) is 0 Å². The first-order valence-electron chi connectivity index (χ1n) is 7.15. The average molecular weight is 323 g/mol. The summed E-state index contributed by atoms with van der Waals surface area (Å²) in [5.41, 5.74) is -0.364. The van der Waals surface area contributed by atoms with Crippen LogP contribution in [0.25, 0.3) is 0 Å². The first-order valence-corrected chi connectivity index (χ1v) is 7.15. The highest BCUT2D eigenvalue weighted by Gasteiger charge is 2.66. The van der Waals surface area contributed by atoms with Crippen LogP contribution in [0.15, 0.2) is 24.3 Å². The van der Waals surface area contributed by atoms with E-state index < -0.39 is 53.4 Å². The molecule has 6 nitrogen and oxygen atoms in total. The zero-order valence-electron chi connectivity index (χ0n) is 12.7. The molecule has 3 N–H and O–H groups in total. The second-order valence-electron chi connectivity index (χ2n) is 6.33. The summed E-state index contributed by atoms with van der Waals surface area (Å²) in [6.07, 6.45) is -0.417. The van der Waals surface area contributed by atoms with E-state index in [0.717, 1.165) is 6.07 Å². The van der Waals surface area contributed by atoms with Crippen LogP contribution >= 0.6 is 0 Å². The Labute approximate surface area is 132 Å². The number of amides is 1.